The number of halogens is 2. The summed E-state index contributed by atoms with van der Waals surface area (Å²) in [5.74, 6) is -2.69. The average Bonchev–Trinajstić information content (AvgIpc) is 2.96. The van der Waals surface area contributed by atoms with Gasteiger partial charge in [0.15, 0.2) is 5.82 Å². The number of aromatic nitrogens is 2. The minimum atomic E-state index is -0.946. The number of rotatable bonds is 5. The molecule has 2 unspecified atom stereocenters. The molecule has 8 heteroatoms. The van der Waals surface area contributed by atoms with Crippen LogP contribution in [0, 0.1) is 17.7 Å². The maximum absolute atomic E-state index is 13.0. The summed E-state index contributed by atoms with van der Waals surface area (Å²) >= 11 is 6.14. The van der Waals surface area contributed by atoms with Crippen LogP contribution in [0.1, 0.15) is 31.2 Å². The van der Waals surface area contributed by atoms with Gasteiger partial charge in [-0.3, -0.25) is 14.3 Å². The fourth-order valence-electron chi connectivity index (χ4n) is 3.29. The first-order chi connectivity index (χ1) is 12.4. The van der Waals surface area contributed by atoms with Crippen LogP contribution in [-0.4, -0.2) is 26.8 Å². The summed E-state index contributed by atoms with van der Waals surface area (Å²) in [6, 6.07) is 6.00. The number of anilines is 1. The van der Waals surface area contributed by atoms with E-state index in [-0.39, 0.29) is 22.6 Å². The van der Waals surface area contributed by atoms with Gasteiger partial charge >= 0.3 is 5.97 Å². The largest absolute Gasteiger partial charge is 0.481 e. The molecule has 1 aromatic carbocycles. The lowest BCUT2D eigenvalue weighted by Crippen LogP contribution is -2.36. The number of nitrogens with one attached hydrogen (secondary N) is 1. The summed E-state index contributed by atoms with van der Waals surface area (Å²) in [4.78, 5) is 23.9. The van der Waals surface area contributed by atoms with Gasteiger partial charge in [-0.05, 0) is 30.5 Å². The molecule has 0 bridgehead atoms. The van der Waals surface area contributed by atoms with Crippen molar-refractivity contribution in [2.75, 3.05) is 5.32 Å². The lowest BCUT2D eigenvalue weighted by atomic mass is 9.79. The third-order valence-corrected chi connectivity index (χ3v) is 4.91. The summed E-state index contributed by atoms with van der Waals surface area (Å²) in [7, 11) is 0. The molecule has 2 aromatic rings. The summed E-state index contributed by atoms with van der Waals surface area (Å²) in [6.45, 7) is 0.372. The Hall–Kier alpha value is -2.41. The third-order valence-electron chi connectivity index (χ3n) is 4.64. The molecular weight excluding hydrogens is 361 g/mol. The van der Waals surface area contributed by atoms with Crippen molar-refractivity contribution in [2.45, 2.75) is 32.2 Å². The van der Waals surface area contributed by atoms with E-state index in [1.54, 1.807) is 23.0 Å². The Morgan fingerprint density at radius 3 is 2.54 bits per heavy atom. The number of carbonyl (C=O) groups excluding carboxylic acids is 1. The van der Waals surface area contributed by atoms with Crippen LogP contribution in [0.4, 0.5) is 10.2 Å². The Labute approximate surface area is 155 Å². The molecule has 1 aliphatic rings. The highest BCUT2D eigenvalue weighted by Gasteiger charge is 2.36. The monoisotopic (exact) mass is 379 g/mol. The molecule has 6 nitrogen and oxygen atoms in total. The van der Waals surface area contributed by atoms with E-state index in [1.807, 2.05) is 0 Å². The molecule has 2 atom stereocenters. The normalized spacial score (nSPS) is 19.9. The van der Waals surface area contributed by atoms with E-state index in [0.717, 1.165) is 18.4 Å². The average molecular weight is 380 g/mol. The van der Waals surface area contributed by atoms with E-state index in [1.165, 1.54) is 12.1 Å². The predicted molar refractivity (Wildman–Crippen MR) is 94.5 cm³/mol. The molecule has 0 saturated heterocycles. The van der Waals surface area contributed by atoms with E-state index in [4.69, 9.17) is 11.6 Å². The third kappa shape index (κ3) is 4.22. The predicted octanol–water partition coefficient (Wildman–Crippen LogP) is 3.55. The number of hydrogen-bond donors (Lipinski definition) is 2. The van der Waals surface area contributed by atoms with Crippen LogP contribution >= 0.6 is 11.6 Å². The highest BCUT2D eigenvalue weighted by atomic mass is 35.5. The van der Waals surface area contributed by atoms with Gasteiger partial charge in [0.1, 0.15) is 10.8 Å². The molecule has 1 aromatic heterocycles. The number of carboxylic acids is 1. The van der Waals surface area contributed by atoms with E-state index in [0.29, 0.717) is 19.4 Å². The molecule has 0 radical (unpaired) electrons. The molecule has 2 N–H and O–H groups in total. The number of nitrogens with zero attached hydrogens (tertiary/aromatic N) is 2. The number of benzene rings is 1. The molecule has 1 amide bonds. The quantitative estimate of drug-likeness (QED) is 0.832. The Morgan fingerprint density at radius 1 is 1.23 bits per heavy atom. The maximum Gasteiger partial charge on any atom is 0.307 e. The molecule has 1 heterocycles. The summed E-state index contributed by atoms with van der Waals surface area (Å²) in [5.41, 5.74) is 0.835. The fourth-order valence-corrected chi connectivity index (χ4v) is 3.49. The first-order valence-electron chi connectivity index (χ1n) is 8.45. The van der Waals surface area contributed by atoms with Crippen LogP contribution in [-0.2, 0) is 16.1 Å². The summed E-state index contributed by atoms with van der Waals surface area (Å²) in [5, 5.41) is 16.5. The second-order valence-corrected chi connectivity index (χ2v) is 6.88. The number of aliphatic carboxylic acids is 1. The smallest absolute Gasteiger partial charge is 0.307 e. The van der Waals surface area contributed by atoms with Crippen LogP contribution in [0.2, 0.25) is 5.02 Å². The first kappa shape index (κ1) is 18.4. The van der Waals surface area contributed by atoms with Crippen LogP contribution in [0.15, 0.2) is 30.5 Å². The zero-order valence-electron chi connectivity index (χ0n) is 14.0. The van der Waals surface area contributed by atoms with Gasteiger partial charge in [0, 0.05) is 6.20 Å². The Kier molecular flexibility index (Phi) is 5.56. The summed E-state index contributed by atoms with van der Waals surface area (Å²) < 4.78 is 14.5. The van der Waals surface area contributed by atoms with Crippen molar-refractivity contribution in [3.05, 3.63) is 46.9 Å². The fraction of sp³-hybridized carbons (Fsp3) is 0.389. The van der Waals surface area contributed by atoms with Gasteiger partial charge in [-0.1, -0.05) is 36.6 Å². The van der Waals surface area contributed by atoms with Crippen LogP contribution in [0.25, 0.3) is 0 Å². The first-order valence-corrected chi connectivity index (χ1v) is 8.83. The highest BCUT2D eigenvalue weighted by Crippen LogP contribution is 2.32. The van der Waals surface area contributed by atoms with Gasteiger partial charge < -0.3 is 10.4 Å². The topological polar surface area (TPSA) is 84.2 Å². The molecule has 138 valence electrons. The molecule has 26 heavy (non-hydrogen) atoms. The van der Waals surface area contributed by atoms with Crippen molar-refractivity contribution in [1.82, 2.24) is 9.78 Å². The lowest BCUT2D eigenvalue weighted by molar-refractivity contribution is -0.147. The highest BCUT2D eigenvalue weighted by molar-refractivity contribution is 6.33. The SMILES string of the molecule is O=C(O)C1CCCCC1C(=O)Nc1nn(Cc2ccc(F)cc2)cc1Cl. The standard InChI is InChI=1S/C18H19ClFN3O3/c19-15-10-23(9-11-5-7-12(20)8-6-11)22-16(15)21-17(24)13-3-1-2-4-14(13)18(25)26/h5-8,10,13-14H,1-4,9H2,(H,25,26)(H,21,22,24). The van der Waals surface area contributed by atoms with Gasteiger partial charge in [-0.15, -0.1) is 0 Å². The zero-order valence-corrected chi connectivity index (χ0v) is 14.7. The van der Waals surface area contributed by atoms with Crippen molar-refractivity contribution in [1.29, 1.82) is 0 Å². The van der Waals surface area contributed by atoms with Crippen molar-refractivity contribution in [2.24, 2.45) is 11.8 Å². The number of hydrogen-bond acceptors (Lipinski definition) is 3. The van der Waals surface area contributed by atoms with E-state index in [9.17, 15) is 19.1 Å². The molecule has 0 spiro atoms. The van der Waals surface area contributed by atoms with Gasteiger partial charge in [0.05, 0.1) is 18.4 Å². The Bertz CT molecular complexity index is 807. The van der Waals surface area contributed by atoms with Crippen molar-refractivity contribution in [3.8, 4) is 0 Å². The molecular formula is C18H19ClFN3O3. The van der Waals surface area contributed by atoms with Crippen LogP contribution in [0.5, 0.6) is 0 Å². The van der Waals surface area contributed by atoms with E-state index >= 15 is 0 Å². The Balaban J connectivity index is 1.69. The molecule has 1 saturated carbocycles. The van der Waals surface area contributed by atoms with Crippen LogP contribution in [0.3, 0.4) is 0 Å². The van der Waals surface area contributed by atoms with Gasteiger partial charge in [0.25, 0.3) is 0 Å². The maximum atomic E-state index is 13.0. The second-order valence-electron chi connectivity index (χ2n) is 6.47. The zero-order chi connectivity index (χ0) is 18.7. The van der Waals surface area contributed by atoms with E-state index < -0.39 is 17.8 Å². The lowest BCUT2D eigenvalue weighted by Gasteiger charge is -2.27. The van der Waals surface area contributed by atoms with E-state index in [2.05, 4.69) is 10.4 Å². The van der Waals surface area contributed by atoms with Crippen molar-refractivity contribution in [3.63, 3.8) is 0 Å². The second kappa shape index (κ2) is 7.86. The summed E-state index contributed by atoms with van der Waals surface area (Å²) in [6.07, 6.45) is 4.25. The minimum Gasteiger partial charge on any atom is -0.481 e. The number of carbonyl (C=O) groups is 2. The Morgan fingerprint density at radius 2 is 1.88 bits per heavy atom. The van der Waals surface area contributed by atoms with Gasteiger partial charge in [-0.2, -0.15) is 5.10 Å². The number of carboxylic acid groups (broad SMARTS) is 1. The molecule has 3 rings (SSSR count). The van der Waals surface area contributed by atoms with Gasteiger partial charge in [-0.25, -0.2) is 4.39 Å². The molecule has 1 aliphatic carbocycles. The number of amides is 1. The van der Waals surface area contributed by atoms with Crippen molar-refractivity contribution < 1.29 is 19.1 Å². The van der Waals surface area contributed by atoms with Crippen molar-refractivity contribution >= 4 is 29.3 Å². The van der Waals surface area contributed by atoms with Crippen LogP contribution < -0.4 is 5.32 Å². The molecule has 1 fully saturated rings. The van der Waals surface area contributed by atoms with Gasteiger partial charge in [0.2, 0.25) is 5.91 Å². The minimum absolute atomic E-state index is 0.202. The molecule has 0 aliphatic heterocycles.